The average molecular weight is 230 g/mol. The number of rotatable bonds is 3. The molecule has 2 rings (SSSR count). The minimum atomic E-state index is -0.915. The predicted molar refractivity (Wildman–Crippen MR) is 65.1 cm³/mol. The van der Waals surface area contributed by atoms with Crippen LogP contribution in [0.25, 0.3) is 11.4 Å². The minimum Gasteiger partial charge on any atom is -0.478 e. The Morgan fingerprint density at radius 2 is 2.00 bits per heavy atom. The number of nitrogens with one attached hydrogen (secondary N) is 1. The summed E-state index contributed by atoms with van der Waals surface area (Å²) in [7, 11) is 0. The number of aryl methyl sites for hydroxylation is 2. The van der Waals surface area contributed by atoms with E-state index in [1.807, 2.05) is 6.92 Å². The van der Waals surface area contributed by atoms with Gasteiger partial charge in [0.25, 0.3) is 0 Å². The Kier molecular flexibility index (Phi) is 2.95. The molecule has 0 radical (unpaired) electrons. The molecule has 2 aromatic rings. The van der Waals surface area contributed by atoms with Crippen LogP contribution in [0.4, 0.5) is 0 Å². The molecule has 0 spiro atoms. The number of aromatic carboxylic acids is 1. The largest absolute Gasteiger partial charge is 0.478 e. The average Bonchev–Trinajstić information content (AvgIpc) is 2.70. The standard InChI is InChI=1S/C13H14N2O2/c1-3-11-8(2)14-12(15-11)9-4-6-10(7-5-9)13(16)17/h4-7H,3H2,1-2H3,(H,14,15)(H,16,17). The molecule has 0 fully saturated rings. The summed E-state index contributed by atoms with van der Waals surface area (Å²) in [5.41, 5.74) is 3.29. The highest BCUT2D eigenvalue weighted by Gasteiger charge is 2.08. The second-order valence-corrected chi connectivity index (χ2v) is 3.89. The summed E-state index contributed by atoms with van der Waals surface area (Å²) in [6.07, 6.45) is 0.884. The van der Waals surface area contributed by atoms with E-state index in [1.54, 1.807) is 24.3 Å². The molecule has 0 aliphatic heterocycles. The van der Waals surface area contributed by atoms with Crippen molar-refractivity contribution in [2.24, 2.45) is 0 Å². The molecule has 0 amide bonds. The van der Waals surface area contributed by atoms with Crippen LogP contribution in [-0.2, 0) is 6.42 Å². The van der Waals surface area contributed by atoms with Crippen molar-refractivity contribution in [3.8, 4) is 11.4 Å². The Balaban J connectivity index is 2.36. The van der Waals surface area contributed by atoms with Crippen molar-refractivity contribution in [3.63, 3.8) is 0 Å². The lowest BCUT2D eigenvalue weighted by atomic mass is 10.1. The minimum absolute atomic E-state index is 0.285. The topological polar surface area (TPSA) is 66.0 Å². The zero-order chi connectivity index (χ0) is 12.4. The Morgan fingerprint density at radius 1 is 1.35 bits per heavy atom. The van der Waals surface area contributed by atoms with Gasteiger partial charge in [-0.3, -0.25) is 0 Å². The van der Waals surface area contributed by atoms with E-state index in [2.05, 4.69) is 16.9 Å². The lowest BCUT2D eigenvalue weighted by Crippen LogP contribution is -1.95. The Morgan fingerprint density at radius 3 is 2.47 bits per heavy atom. The van der Waals surface area contributed by atoms with E-state index in [1.165, 1.54) is 0 Å². The van der Waals surface area contributed by atoms with Crippen molar-refractivity contribution in [3.05, 3.63) is 41.2 Å². The van der Waals surface area contributed by atoms with Crippen molar-refractivity contribution in [1.29, 1.82) is 0 Å². The third-order valence-corrected chi connectivity index (χ3v) is 2.73. The van der Waals surface area contributed by atoms with E-state index in [-0.39, 0.29) is 5.56 Å². The maximum atomic E-state index is 10.7. The first-order valence-corrected chi connectivity index (χ1v) is 5.51. The maximum Gasteiger partial charge on any atom is 0.335 e. The zero-order valence-electron chi connectivity index (χ0n) is 9.82. The second-order valence-electron chi connectivity index (χ2n) is 3.89. The number of carboxylic acid groups (broad SMARTS) is 1. The summed E-state index contributed by atoms with van der Waals surface area (Å²) in [6.45, 7) is 4.04. The second kappa shape index (κ2) is 4.41. The van der Waals surface area contributed by atoms with Gasteiger partial charge in [0.05, 0.1) is 11.3 Å². The summed E-state index contributed by atoms with van der Waals surface area (Å²) in [4.78, 5) is 18.4. The van der Waals surface area contributed by atoms with Gasteiger partial charge < -0.3 is 10.1 Å². The van der Waals surface area contributed by atoms with Gasteiger partial charge in [0.15, 0.2) is 0 Å². The van der Waals surface area contributed by atoms with Crippen LogP contribution < -0.4 is 0 Å². The first kappa shape index (κ1) is 11.4. The van der Waals surface area contributed by atoms with Crippen LogP contribution in [0.5, 0.6) is 0 Å². The highest BCUT2D eigenvalue weighted by molar-refractivity contribution is 5.88. The van der Waals surface area contributed by atoms with E-state index in [4.69, 9.17) is 5.11 Å². The molecule has 0 atom stereocenters. The van der Waals surface area contributed by atoms with Crippen molar-refractivity contribution in [2.75, 3.05) is 0 Å². The molecular weight excluding hydrogens is 216 g/mol. The SMILES string of the molecule is CCc1nc(-c2ccc(C(=O)O)cc2)[nH]c1C. The molecule has 0 bridgehead atoms. The zero-order valence-corrected chi connectivity index (χ0v) is 9.82. The lowest BCUT2D eigenvalue weighted by molar-refractivity contribution is 0.0697. The number of H-pyrrole nitrogens is 1. The Bertz CT molecular complexity index is 541. The number of benzene rings is 1. The van der Waals surface area contributed by atoms with Gasteiger partial charge in [0, 0.05) is 11.3 Å². The van der Waals surface area contributed by atoms with E-state index in [9.17, 15) is 4.79 Å². The van der Waals surface area contributed by atoms with Crippen LogP contribution >= 0.6 is 0 Å². The highest BCUT2D eigenvalue weighted by atomic mass is 16.4. The van der Waals surface area contributed by atoms with Crippen LogP contribution in [0.3, 0.4) is 0 Å². The molecule has 0 unspecified atom stereocenters. The maximum absolute atomic E-state index is 10.7. The fourth-order valence-corrected chi connectivity index (χ4v) is 1.75. The van der Waals surface area contributed by atoms with E-state index in [0.29, 0.717) is 0 Å². The van der Waals surface area contributed by atoms with Crippen molar-refractivity contribution in [2.45, 2.75) is 20.3 Å². The first-order chi connectivity index (χ1) is 8.11. The summed E-state index contributed by atoms with van der Waals surface area (Å²) in [5.74, 6) is -0.127. The summed E-state index contributed by atoms with van der Waals surface area (Å²) in [6, 6.07) is 6.70. The van der Waals surface area contributed by atoms with Gasteiger partial charge in [-0.1, -0.05) is 19.1 Å². The van der Waals surface area contributed by atoms with Gasteiger partial charge in [-0.15, -0.1) is 0 Å². The number of imidazole rings is 1. The molecule has 0 saturated heterocycles. The molecule has 1 aromatic heterocycles. The first-order valence-electron chi connectivity index (χ1n) is 5.51. The molecule has 4 heteroatoms. The van der Waals surface area contributed by atoms with E-state index in [0.717, 1.165) is 29.2 Å². The summed E-state index contributed by atoms with van der Waals surface area (Å²) in [5, 5.41) is 8.81. The number of carboxylic acids is 1. The van der Waals surface area contributed by atoms with Gasteiger partial charge in [0.1, 0.15) is 5.82 Å². The predicted octanol–water partition coefficient (Wildman–Crippen LogP) is 2.65. The van der Waals surface area contributed by atoms with E-state index < -0.39 is 5.97 Å². The molecule has 0 saturated carbocycles. The van der Waals surface area contributed by atoms with Crippen molar-refractivity contribution in [1.82, 2.24) is 9.97 Å². The van der Waals surface area contributed by atoms with Crippen LogP contribution in [0.2, 0.25) is 0 Å². The van der Waals surface area contributed by atoms with Gasteiger partial charge in [-0.25, -0.2) is 9.78 Å². The Hall–Kier alpha value is -2.10. The fourth-order valence-electron chi connectivity index (χ4n) is 1.75. The molecule has 1 aromatic carbocycles. The van der Waals surface area contributed by atoms with Gasteiger partial charge >= 0.3 is 5.97 Å². The molecule has 1 heterocycles. The molecule has 0 aliphatic carbocycles. The number of aromatic amines is 1. The summed E-state index contributed by atoms with van der Waals surface area (Å²) < 4.78 is 0. The fraction of sp³-hybridized carbons (Fsp3) is 0.231. The van der Waals surface area contributed by atoms with Crippen LogP contribution in [0, 0.1) is 6.92 Å². The van der Waals surface area contributed by atoms with Crippen LogP contribution in [0.15, 0.2) is 24.3 Å². The molecule has 0 aliphatic rings. The monoisotopic (exact) mass is 230 g/mol. The Labute approximate surface area is 99.3 Å². The molecule has 17 heavy (non-hydrogen) atoms. The molecule has 4 nitrogen and oxygen atoms in total. The quantitative estimate of drug-likeness (QED) is 0.851. The summed E-state index contributed by atoms with van der Waals surface area (Å²) >= 11 is 0. The lowest BCUT2D eigenvalue weighted by Gasteiger charge is -1.97. The third kappa shape index (κ3) is 2.20. The molecule has 2 N–H and O–H groups in total. The van der Waals surface area contributed by atoms with Gasteiger partial charge in [-0.2, -0.15) is 0 Å². The number of hydrogen-bond donors (Lipinski definition) is 2. The van der Waals surface area contributed by atoms with Gasteiger partial charge in [-0.05, 0) is 25.5 Å². The smallest absolute Gasteiger partial charge is 0.335 e. The van der Waals surface area contributed by atoms with Crippen molar-refractivity contribution >= 4 is 5.97 Å². The number of hydrogen-bond acceptors (Lipinski definition) is 2. The van der Waals surface area contributed by atoms with E-state index >= 15 is 0 Å². The third-order valence-electron chi connectivity index (χ3n) is 2.73. The van der Waals surface area contributed by atoms with Crippen LogP contribution in [0.1, 0.15) is 28.7 Å². The van der Waals surface area contributed by atoms with Gasteiger partial charge in [0.2, 0.25) is 0 Å². The molecule has 88 valence electrons. The van der Waals surface area contributed by atoms with Crippen LogP contribution in [-0.4, -0.2) is 21.0 Å². The molecular formula is C13H14N2O2. The normalized spacial score (nSPS) is 10.5. The highest BCUT2D eigenvalue weighted by Crippen LogP contribution is 2.18. The number of nitrogens with zero attached hydrogens (tertiary/aromatic N) is 1. The number of aromatic nitrogens is 2. The van der Waals surface area contributed by atoms with Crippen molar-refractivity contribution < 1.29 is 9.90 Å². The number of carbonyl (C=O) groups is 1.